The van der Waals surface area contributed by atoms with Crippen molar-refractivity contribution >= 4 is 0 Å². The Morgan fingerprint density at radius 1 is 1.19 bits per heavy atom. The lowest BCUT2D eigenvalue weighted by molar-refractivity contribution is 0.323. The summed E-state index contributed by atoms with van der Waals surface area (Å²) < 4.78 is 6.39. The smallest absolute Gasteiger partial charge is 0.127 e. The Morgan fingerprint density at radius 2 is 1.89 bits per heavy atom. The van der Waals surface area contributed by atoms with Gasteiger partial charge in [0.1, 0.15) is 12.4 Å². The van der Waals surface area contributed by atoms with E-state index in [9.17, 15) is 0 Å². The summed E-state index contributed by atoms with van der Waals surface area (Å²) in [5.41, 5.74) is 5.44. The van der Waals surface area contributed by atoms with Crippen molar-refractivity contribution in [3.05, 3.63) is 77.4 Å². The molecule has 1 nitrogen and oxygen atoms in total. The molecule has 2 aromatic carbocycles. The van der Waals surface area contributed by atoms with Gasteiger partial charge in [-0.1, -0.05) is 94.8 Å². The molecule has 0 N–H and O–H groups in total. The minimum atomic E-state index is 0.0176. The molecular weight excluding hydrogens is 328 g/mol. The van der Waals surface area contributed by atoms with Gasteiger partial charge in [0.2, 0.25) is 0 Å². The first kappa shape index (κ1) is 19.7. The van der Waals surface area contributed by atoms with Crippen molar-refractivity contribution in [3.63, 3.8) is 0 Å². The second-order valence-electron chi connectivity index (χ2n) is 9.17. The largest absolute Gasteiger partial charge is 0.489 e. The highest BCUT2D eigenvalue weighted by molar-refractivity contribution is 5.56. The van der Waals surface area contributed by atoms with E-state index in [-0.39, 0.29) is 10.8 Å². The van der Waals surface area contributed by atoms with Crippen molar-refractivity contribution < 1.29 is 4.74 Å². The molecule has 0 aliphatic heterocycles. The van der Waals surface area contributed by atoms with Crippen LogP contribution in [0.25, 0.3) is 0 Å². The predicted octanol–water partition coefficient (Wildman–Crippen LogP) is 6.96. The maximum Gasteiger partial charge on any atom is 0.127 e. The van der Waals surface area contributed by atoms with E-state index < -0.39 is 0 Å². The number of rotatable bonds is 5. The van der Waals surface area contributed by atoms with Crippen LogP contribution in [0.5, 0.6) is 5.75 Å². The van der Waals surface area contributed by atoms with Crippen molar-refractivity contribution in [1.29, 1.82) is 0 Å². The summed E-state index contributed by atoms with van der Waals surface area (Å²) >= 11 is 0. The monoisotopic (exact) mass is 362 g/mol. The van der Waals surface area contributed by atoms with Crippen molar-refractivity contribution in [2.45, 2.75) is 64.7 Å². The molecule has 0 bridgehead atoms. The molecule has 27 heavy (non-hydrogen) atoms. The zero-order chi connectivity index (χ0) is 19.7. The topological polar surface area (TPSA) is 9.23 Å². The highest BCUT2D eigenvalue weighted by Crippen LogP contribution is 2.54. The number of benzene rings is 2. The molecule has 2 unspecified atom stereocenters. The van der Waals surface area contributed by atoms with Crippen LogP contribution in [0.4, 0.5) is 0 Å². The second kappa shape index (κ2) is 7.54. The van der Waals surface area contributed by atoms with E-state index in [2.05, 4.69) is 83.7 Å². The Balaban J connectivity index is 2.33. The Hall–Kier alpha value is -2.02. The van der Waals surface area contributed by atoms with Gasteiger partial charge in [-0.2, -0.15) is 0 Å². The van der Waals surface area contributed by atoms with Crippen LogP contribution in [0.3, 0.4) is 0 Å². The summed E-state index contributed by atoms with van der Waals surface area (Å²) in [5, 5.41) is 0. The van der Waals surface area contributed by atoms with E-state index in [1.165, 1.54) is 41.5 Å². The fourth-order valence-electron chi connectivity index (χ4n) is 4.86. The first-order chi connectivity index (χ1) is 12.8. The molecule has 2 atom stereocenters. The second-order valence-corrected chi connectivity index (χ2v) is 9.17. The average molecular weight is 363 g/mol. The third-order valence-electron chi connectivity index (χ3n) is 6.21. The Morgan fingerprint density at radius 3 is 2.44 bits per heavy atom. The van der Waals surface area contributed by atoms with Gasteiger partial charge in [-0.05, 0) is 36.7 Å². The maximum absolute atomic E-state index is 6.39. The van der Waals surface area contributed by atoms with Crippen LogP contribution in [0, 0.1) is 12.8 Å². The summed E-state index contributed by atoms with van der Waals surface area (Å²) in [6.07, 6.45) is 5.54. The molecule has 0 radical (unpaired) electrons. The molecule has 1 aliphatic carbocycles. The molecule has 1 heteroatoms. The zero-order valence-electron chi connectivity index (χ0n) is 17.6. The van der Waals surface area contributed by atoms with Gasteiger partial charge in [-0.3, -0.25) is 0 Å². The first-order valence-electron chi connectivity index (χ1n) is 10.3. The van der Waals surface area contributed by atoms with Gasteiger partial charge in [-0.25, -0.2) is 0 Å². The normalized spacial score (nSPS) is 22.6. The summed E-state index contributed by atoms with van der Waals surface area (Å²) in [6, 6.07) is 15.8. The Kier molecular flexibility index (Phi) is 5.51. The van der Waals surface area contributed by atoms with Crippen LogP contribution >= 0.6 is 0 Å². The fourth-order valence-corrected chi connectivity index (χ4v) is 4.86. The van der Waals surface area contributed by atoms with Crippen LogP contribution in [-0.4, -0.2) is 6.61 Å². The minimum Gasteiger partial charge on any atom is -0.489 e. The summed E-state index contributed by atoms with van der Waals surface area (Å²) in [6.45, 7) is 15.9. The zero-order valence-corrected chi connectivity index (χ0v) is 17.6. The molecule has 0 aromatic heterocycles. The number of hydrogen-bond acceptors (Lipinski definition) is 1. The molecule has 144 valence electrons. The third kappa shape index (κ3) is 3.57. The summed E-state index contributed by atoms with van der Waals surface area (Å²) in [4.78, 5) is 0. The molecule has 0 amide bonds. The standard InChI is InChI=1S/C26H34O/c1-7-16-27-24-22(25(4,5)6)17-19(2)18-23(24)26(15-11-12-20(26)3)21-13-9-8-10-14-21/h7-10,13-14,17-18,20H,1,11-12,15-16H2,2-6H3. The van der Waals surface area contributed by atoms with Gasteiger partial charge in [0, 0.05) is 16.5 Å². The maximum atomic E-state index is 6.39. The SMILES string of the molecule is C=CCOc1c(C(C)(C)C)cc(C)cc1C1(c2ccccc2)CCCC1C. The third-order valence-corrected chi connectivity index (χ3v) is 6.21. The van der Waals surface area contributed by atoms with Gasteiger partial charge < -0.3 is 4.74 Å². The predicted molar refractivity (Wildman–Crippen MR) is 116 cm³/mol. The molecular formula is C26H34O. The van der Waals surface area contributed by atoms with Gasteiger partial charge in [0.05, 0.1) is 0 Å². The Bertz CT molecular complexity index is 797. The van der Waals surface area contributed by atoms with Gasteiger partial charge in [0.25, 0.3) is 0 Å². The van der Waals surface area contributed by atoms with E-state index in [0.717, 1.165) is 5.75 Å². The molecule has 3 rings (SSSR count). The lowest BCUT2D eigenvalue weighted by Gasteiger charge is -2.38. The molecule has 2 aromatic rings. The number of aryl methyl sites for hydroxylation is 1. The van der Waals surface area contributed by atoms with E-state index in [1.807, 2.05) is 6.08 Å². The van der Waals surface area contributed by atoms with Crippen molar-refractivity contribution in [2.24, 2.45) is 5.92 Å². The van der Waals surface area contributed by atoms with Crippen LogP contribution in [0.15, 0.2) is 55.1 Å². The minimum absolute atomic E-state index is 0.0176. The van der Waals surface area contributed by atoms with Crippen LogP contribution in [0.1, 0.15) is 69.2 Å². The lowest BCUT2D eigenvalue weighted by atomic mass is 9.66. The van der Waals surface area contributed by atoms with Crippen LogP contribution in [0.2, 0.25) is 0 Å². The number of hydrogen-bond donors (Lipinski definition) is 0. The van der Waals surface area contributed by atoms with Crippen LogP contribution < -0.4 is 4.74 Å². The highest BCUT2D eigenvalue weighted by atomic mass is 16.5. The van der Waals surface area contributed by atoms with Crippen LogP contribution in [-0.2, 0) is 10.8 Å². The van der Waals surface area contributed by atoms with Gasteiger partial charge >= 0.3 is 0 Å². The highest BCUT2D eigenvalue weighted by Gasteiger charge is 2.45. The summed E-state index contributed by atoms with van der Waals surface area (Å²) in [5.74, 6) is 1.66. The van der Waals surface area contributed by atoms with Crippen molar-refractivity contribution in [3.8, 4) is 5.75 Å². The van der Waals surface area contributed by atoms with Crippen molar-refractivity contribution in [1.82, 2.24) is 0 Å². The molecule has 0 heterocycles. The van der Waals surface area contributed by atoms with Crippen molar-refractivity contribution in [2.75, 3.05) is 6.61 Å². The van der Waals surface area contributed by atoms with E-state index in [0.29, 0.717) is 12.5 Å². The first-order valence-corrected chi connectivity index (χ1v) is 10.3. The fraction of sp³-hybridized carbons (Fsp3) is 0.462. The Labute approximate surface area is 165 Å². The molecule has 1 saturated carbocycles. The molecule has 1 fully saturated rings. The lowest BCUT2D eigenvalue weighted by Crippen LogP contribution is -2.32. The average Bonchev–Trinajstić information content (AvgIpc) is 3.02. The number of ether oxygens (including phenoxy) is 1. The van der Waals surface area contributed by atoms with E-state index in [1.54, 1.807) is 0 Å². The molecule has 1 aliphatic rings. The van der Waals surface area contributed by atoms with E-state index >= 15 is 0 Å². The quantitative estimate of drug-likeness (QED) is 0.522. The van der Waals surface area contributed by atoms with Gasteiger partial charge in [-0.15, -0.1) is 0 Å². The van der Waals surface area contributed by atoms with Gasteiger partial charge in [0.15, 0.2) is 0 Å². The molecule has 0 spiro atoms. The van der Waals surface area contributed by atoms with E-state index in [4.69, 9.17) is 4.74 Å². The summed E-state index contributed by atoms with van der Waals surface area (Å²) in [7, 11) is 0. The molecule has 0 saturated heterocycles.